The monoisotopic (exact) mass is 394 g/mol. The van der Waals surface area contributed by atoms with Crippen molar-refractivity contribution >= 4 is 23.2 Å². The molecule has 142 valence electrons. The molecule has 1 N–H and O–H groups in total. The summed E-state index contributed by atoms with van der Waals surface area (Å²) in [5.74, 6) is 0.338. The number of amides is 1. The van der Waals surface area contributed by atoms with Gasteiger partial charge in [-0.15, -0.1) is 0 Å². The van der Waals surface area contributed by atoms with Crippen molar-refractivity contribution in [3.05, 3.63) is 76.1 Å². The Balaban J connectivity index is 1.76. The predicted molar refractivity (Wildman–Crippen MR) is 108 cm³/mol. The van der Waals surface area contributed by atoms with Crippen LogP contribution in [0.4, 0.5) is 5.69 Å². The predicted octanol–water partition coefficient (Wildman–Crippen LogP) is 4.36. The van der Waals surface area contributed by atoms with Crippen molar-refractivity contribution in [3.8, 4) is 11.8 Å². The molecular formula is C21H19ClN4O2. The van der Waals surface area contributed by atoms with Gasteiger partial charge in [0.15, 0.2) is 6.61 Å². The van der Waals surface area contributed by atoms with Crippen molar-refractivity contribution < 1.29 is 9.53 Å². The van der Waals surface area contributed by atoms with Gasteiger partial charge in [0.05, 0.1) is 17.8 Å². The van der Waals surface area contributed by atoms with E-state index in [1.54, 1.807) is 28.9 Å². The van der Waals surface area contributed by atoms with Gasteiger partial charge in [-0.25, -0.2) is 0 Å². The molecule has 3 rings (SSSR count). The van der Waals surface area contributed by atoms with Crippen LogP contribution in [-0.2, 0) is 6.54 Å². The minimum absolute atomic E-state index is 0.0191. The van der Waals surface area contributed by atoms with Crippen LogP contribution < -0.4 is 10.1 Å². The second-order valence-corrected chi connectivity index (χ2v) is 6.63. The van der Waals surface area contributed by atoms with Crippen LogP contribution in [0.3, 0.4) is 0 Å². The van der Waals surface area contributed by atoms with Crippen LogP contribution in [0.25, 0.3) is 0 Å². The number of aryl methyl sites for hydroxylation is 1. The molecule has 0 spiro atoms. The maximum Gasteiger partial charge on any atom is 0.259 e. The van der Waals surface area contributed by atoms with Gasteiger partial charge in [-0.05, 0) is 49.7 Å². The summed E-state index contributed by atoms with van der Waals surface area (Å²) in [5, 5.41) is 16.6. The maximum absolute atomic E-state index is 12.8. The number of nitrogens with zero attached hydrogens (tertiary/aromatic N) is 3. The van der Waals surface area contributed by atoms with Crippen molar-refractivity contribution in [3.63, 3.8) is 0 Å². The van der Waals surface area contributed by atoms with Gasteiger partial charge in [0.1, 0.15) is 11.8 Å². The lowest BCUT2D eigenvalue weighted by molar-refractivity contribution is 0.102. The van der Waals surface area contributed by atoms with Gasteiger partial charge in [0, 0.05) is 16.4 Å². The summed E-state index contributed by atoms with van der Waals surface area (Å²) in [4.78, 5) is 12.8. The first-order chi connectivity index (χ1) is 13.5. The zero-order valence-corrected chi connectivity index (χ0v) is 16.3. The standard InChI is InChI=1S/C21H19ClN4O2/c1-14-20(15(2)26(25-14)13-16-5-3-4-6-19(16)22)21(27)24-17-7-9-18(10-8-17)28-12-11-23/h3-10H,12-13H2,1-2H3,(H,24,27). The molecule has 7 heteroatoms. The zero-order chi connectivity index (χ0) is 20.1. The highest BCUT2D eigenvalue weighted by molar-refractivity contribution is 6.31. The van der Waals surface area contributed by atoms with E-state index in [4.69, 9.17) is 21.6 Å². The van der Waals surface area contributed by atoms with Crippen molar-refractivity contribution in [2.24, 2.45) is 0 Å². The lowest BCUT2D eigenvalue weighted by Gasteiger charge is -2.09. The fraction of sp³-hybridized carbons (Fsp3) is 0.190. The SMILES string of the molecule is Cc1nn(Cc2ccccc2Cl)c(C)c1C(=O)Nc1ccc(OCC#N)cc1. The molecule has 0 unspecified atom stereocenters. The molecule has 0 atom stereocenters. The molecule has 1 amide bonds. The Bertz CT molecular complexity index is 1040. The second-order valence-electron chi connectivity index (χ2n) is 6.22. The molecule has 1 heterocycles. The van der Waals surface area contributed by atoms with E-state index in [2.05, 4.69) is 10.4 Å². The average molecular weight is 395 g/mol. The molecule has 0 aliphatic rings. The van der Waals surface area contributed by atoms with Crippen molar-refractivity contribution in [2.45, 2.75) is 20.4 Å². The number of hydrogen-bond donors (Lipinski definition) is 1. The van der Waals surface area contributed by atoms with Crippen molar-refractivity contribution in [2.75, 3.05) is 11.9 Å². The normalized spacial score (nSPS) is 10.4. The number of carbonyl (C=O) groups is 1. The number of aromatic nitrogens is 2. The Labute approximate surface area is 168 Å². The molecule has 1 aromatic heterocycles. The third kappa shape index (κ3) is 4.33. The number of nitrogens with one attached hydrogen (secondary N) is 1. The molecule has 0 saturated heterocycles. The molecule has 0 saturated carbocycles. The molecule has 0 aliphatic carbocycles. The van der Waals surface area contributed by atoms with Gasteiger partial charge in [-0.2, -0.15) is 10.4 Å². The van der Waals surface area contributed by atoms with Crippen LogP contribution >= 0.6 is 11.6 Å². The Morgan fingerprint density at radius 1 is 1.21 bits per heavy atom. The number of anilines is 1. The number of rotatable bonds is 6. The van der Waals surface area contributed by atoms with Crippen LogP contribution in [0.15, 0.2) is 48.5 Å². The van der Waals surface area contributed by atoms with E-state index in [-0.39, 0.29) is 12.5 Å². The van der Waals surface area contributed by atoms with E-state index in [9.17, 15) is 4.79 Å². The average Bonchev–Trinajstić information content (AvgIpc) is 2.96. The number of carbonyl (C=O) groups excluding carboxylic acids is 1. The molecule has 0 fully saturated rings. The van der Waals surface area contributed by atoms with Crippen LogP contribution in [0.1, 0.15) is 27.3 Å². The van der Waals surface area contributed by atoms with Gasteiger partial charge in [0.25, 0.3) is 5.91 Å². The number of ether oxygens (including phenoxy) is 1. The molecule has 28 heavy (non-hydrogen) atoms. The number of halogens is 1. The molecule has 6 nitrogen and oxygen atoms in total. The maximum atomic E-state index is 12.8. The quantitative estimate of drug-likeness (QED) is 0.673. The molecular weight excluding hydrogens is 376 g/mol. The smallest absolute Gasteiger partial charge is 0.259 e. The third-order valence-electron chi connectivity index (χ3n) is 4.30. The fourth-order valence-corrected chi connectivity index (χ4v) is 3.11. The molecule has 0 radical (unpaired) electrons. The second kappa shape index (κ2) is 8.59. The van der Waals surface area contributed by atoms with Crippen molar-refractivity contribution in [1.82, 2.24) is 9.78 Å². The lowest BCUT2D eigenvalue weighted by atomic mass is 10.1. The Hall–Kier alpha value is -3.30. The highest BCUT2D eigenvalue weighted by Gasteiger charge is 2.19. The summed E-state index contributed by atoms with van der Waals surface area (Å²) in [7, 11) is 0. The number of nitriles is 1. The summed E-state index contributed by atoms with van der Waals surface area (Å²) < 4.78 is 6.99. The van der Waals surface area contributed by atoms with E-state index < -0.39 is 0 Å². The van der Waals surface area contributed by atoms with Gasteiger partial charge in [0.2, 0.25) is 0 Å². The van der Waals surface area contributed by atoms with Gasteiger partial charge in [-0.3, -0.25) is 9.48 Å². The Kier molecular flexibility index (Phi) is 5.97. The summed E-state index contributed by atoms with van der Waals surface area (Å²) in [6.45, 7) is 4.15. The van der Waals surface area contributed by atoms with Gasteiger partial charge in [-0.1, -0.05) is 29.8 Å². The molecule has 0 aliphatic heterocycles. The Morgan fingerprint density at radius 3 is 2.61 bits per heavy atom. The summed E-state index contributed by atoms with van der Waals surface area (Å²) in [5.41, 5.74) is 3.53. The lowest BCUT2D eigenvalue weighted by Crippen LogP contribution is -2.14. The van der Waals surface area contributed by atoms with Gasteiger partial charge >= 0.3 is 0 Å². The topological polar surface area (TPSA) is 79.9 Å². The minimum atomic E-state index is -0.230. The van der Waals surface area contributed by atoms with Crippen LogP contribution in [0.2, 0.25) is 5.02 Å². The minimum Gasteiger partial charge on any atom is -0.479 e. The number of benzene rings is 2. The van der Waals surface area contributed by atoms with E-state index >= 15 is 0 Å². The summed E-state index contributed by atoms with van der Waals surface area (Å²) in [6, 6.07) is 16.3. The van der Waals surface area contributed by atoms with E-state index in [1.807, 2.05) is 44.2 Å². The summed E-state index contributed by atoms with van der Waals surface area (Å²) >= 11 is 6.24. The molecule has 0 bridgehead atoms. The summed E-state index contributed by atoms with van der Waals surface area (Å²) in [6.07, 6.45) is 0. The van der Waals surface area contributed by atoms with Crippen LogP contribution in [0, 0.1) is 25.2 Å². The van der Waals surface area contributed by atoms with Gasteiger partial charge < -0.3 is 10.1 Å². The van der Waals surface area contributed by atoms with E-state index in [0.29, 0.717) is 34.3 Å². The van der Waals surface area contributed by atoms with Crippen LogP contribution in [0.5, 0.6) is 5.75 Å². The largest absolute Gasteiger partial charge is 0.479 e. The van der Waals surface area contributed by atoms with Crippen LogP contribution in [-0.4, -0.2) is 22.3 Å². The first-order valence-corrected chi connectivity index (χ1v) is 9.06. The van der Waals surface area contributed by atoms with E-state index in [1.165, 1.54) is 0 Å². The highest BCUT2D eigenvalue weighted by Crippen LogP contribution is 2.21. The Morgan fingerprint density at radius 2 is 1.93 bits per heavy atom. The molecule has 3 aromatic rings. The van der Waals surface area contributed by atoms with E-state index in [0.717, 1.165) is 11.3 Å². The zero-order valence-electron chi connectivity index (χ0n) is 15.6. The fourth-order valence-electron chi connectivity index (χ4n) is 2.91. The number of hydrogen-bond acceptors (Lipinski definition) is 4. The first kappa shape index (κ1) is 19.5. The third-order valence-corrected chi connectivity index (χ3v) is 4.67. The first-order valence-electron chi connectivity index (χ1n) is 8.68. The van der Waals surface area contributed by atoms with Crippen molar-refractivity contribution in [1.29, 1.82) is 5.26 Å². The highest BCUT2D eigenvalue weighted by atomic mass is 35.5. The molecule has 2 aromatic carbocycles.